The number of nitrogen functional groups attached to an aromatic ring is 1. The topological polar surface area (TPSA) is 38.0 Å². The van der Waals surface area contributed by atoms with Gasteiger partial charge in [-0.1, -0.05) is 26.3 Å². The molecule has 1 aliphatic carbocycles. The second-order valence-electron chi connectivity index (χ2n) is 5.28. The van der Waals surface area contributed by atoms with E-state index in [0.29, 0.717) is 6.04 Å². The largest absolute Gasteiger partial charge is 0.395 e. The zero-order chi connectivity index (χ0) is 11.8. The highest BCUT2D eigenvalue weighted by atomic mass is 19.1. The van der Waals surface area contributed by atoms with Gasteiger partial charge in [0.05, 0.1) is 11.4 Å². The Morgan fingerprint density at radius 3 is 2.81 bits per heavy atom. The second-order valence-corrected chi connectivity index (χ2v) is 5.28. The molecule has 3 heteroatoms. The molecule has 0 saturated heterocycles. The number of nitrogens with one attached hydrogen (secondary N) is 1. The van der Waals surface area contributed by atoms with Crippen molar-refractivity contribution in [3.8, 4) is 0 Å². The lowest BCUT2D eigenvalue weighted by Gasteiger charge is -2.29. The van der Waals surface area contributed by atoms with Crippen LogP contribution in [0.3, 0.4) is 0 Å². The molecule has 0 aromatic heterocycles. The van der Waals surface area contributed by atoms with E-state index in [2.05, 4.69) is 19.2 Å². The minimum Gasteiger partial charge on any atom is -0.395 e. The highest BCUT2D eigenvalue weighted by molar-refractivity contribution is 5.67. The van der Waals surface area contributed by atoms with Gasteiger partial charge in [0.25, 0.3) is 0 Å². The first-order valence-electron chi connectivity index (χ1n) is 5.81. The molecule has 0 heterocycles. The van der Waals surface area contributed by atoms with Gasteiger partial charge in [-0.2, -0.15) is 0 Å². The molecule has 0 aliphatic heterocycles. The van der Waals surface area contributed by atoms with Gasteiger partial charge in [-0.05, 0) is 30.4 Å². The highest BCUT2D eigenvalue weighted by Crippen LogP contribution is 2.39. The number of rotatable bonds is 2. The Bertz CT molecular complexity index is 388. The van der Waals surface area contributed by atoms with Crippen molar-refractivity contribution in [2.24, 2.45) is 5.41 Å². The van der Waals surface area contributed by atoms with Crippen LogP contribution in [0.4, 0.5) is 15.8 Å². The molecule has 16 heavy (non-hydrogen) atoms. The number of para-hydroxylation sites is 1. The van der Waals surface area contributed by atoms with E-state index in [1.807, 2.05) is 6.07 Å². The maximum atomic E-state index is 13.3. The maximum absolute atomic E-state index is 13.3. The predicted molar refractivity (Wildman–Crippen MR) is 65.9 cm³/mol. The van der Waals surface area contributed by atoms with Crippen molar-refractivity contribution in [1.29, 1.82) is 0 Å². The Balaban J connectivity index is 2.18. The van der Waals surface area contributed by atoms with Gasteiger partial charge in [-0.15, -0.1) is 0 Å². The zero-order valence-corrected chi connectivity index (χ0v) is 9.89. The predicted octanol–water partition coefficient (Wildman–Crippen LogP) is 3.40. The molecule has 0 spiro atoms. The summed E-state index contributed by atoms with van der Waals surface area (Å²) in [7, 11) is 0. The van der Waals surface area contributed by atoms with Crippen molar-refractivity contribution in [1.82, 2.24) is 0 Å². The van der Waals surface area contributed by atoms with Crippen molar-refractivity contribution in [2.45, 2.75) is 39.2 Å². The fourth-order valence-corrected chi connectivity index (χ4v) is 2.44. The normalized spacial score (nSPS) is 23.3. The average Bonchev–Trinajstić information content (AvgIpc) is 2.54. The molecule has 0 bridgehead atoms. The zero-order valence-electron chi connectivity index (χ0n) is 9.89. The molecule has 2 rings (SSSR count). The van der Waals surface area contributed by atoms with Crippen LogP contribution < -0.4 is 11.1 Å². The first kappa shape index (κ1) is 11.2. The third-order valence-electron chi connectivity index (χ3n) is 3.64. The molecular formula is C13H19FN2. The summed E-state index contributed by atoms with van der Waals surface area (Å²) in [6, 6.07) is 5.31. The van der Waals surface area contributed by atoms with E-state index in [1.54, 1.807) is 6.07 Å². The van der Waals surface area contributed by atoms with Gasteiger partial charge >= 0.3 is 0 Å². The van der Waals surface area contributed by atoms with Gasteiger partial charge in [-0.25, -0.2) is 4.39 Å². The lowest BCUT2D eigenvalue weighted by atomic mass is 9.87. The summed E-state index contributed by atoms with van der Waals surface area (Å²) in [6.07, 6.45) is 3.56. The minimum atomic E-state index is -0.346. The maximum Gasteiger partial charge on any atom is 0.148 e. The van der Waals surface area contributed by atoms with Gasteiger partial charge in [0, 0.05) is 6.04 Å². The lowest BCUT2D eigenvalue weighted by Crippen LogP contribution is -2.31. The molecule has 1 unspecified atom stereocenters. The van der Waals surface area contributed by atoms with E-state index >= 15 is 0 Å². The molecule has 1 saturated carbocycles. The van der Waals surface area contributed by atoms with Crippen LogP contribution in [0.2, 0.25) is 0 Å². The van der Waals surface area contributed by atoms with Crippen molar-refractivity contribution in [2.75, 3.05) is 11.1 Å². The third-order valence-corrected chi connectivity index (χ3v) is 3.64. The molecule has 0 radical (unpaired) electrons. The molecule has 1 fully saturated rings. The summed E-state index contributed by atoms with van der Waals surface area (Å²) in [5.41, 5.74) is 6.92. The highest BCUT2D eigenvalue weighted by Gasteiger charge is 2.34. The van der Waals surface area contributed by atoms with Crippen LogP contribution in [-0.2, 0) is 0 Å². The molecule has 1 aromatic carbocycles. The Labute approximate surface area is 96.0 Å². The van der Waals surface area contributed by atoms with Crippen LogP contribution in [0.5, 0.6) is 0 Å². The molecule has 3 N–H and O–H groups in total. The molecule has 1 aromatic rings. The molecular weight excluding hydrogens is 203 g/mol. The van der Waals surface area contributed by atoms with Gasteiger partial charge in [-0.3, -0.25) is 0 Å². The number of benzene rings is 1. The van der Waals surface area contributed by atoms with E-state index in [4.69, 9.17) is 5.73 Å². The standard InChI is InChI=1S/C13H19FN2/c1-13(2)8-4-7-11(13)16-10-6-3-5-9(14)12(10)15/h3,5-6,11,16H,4,7-8,15H2,1-2H3. The van der Waals surface area contributed by atoms with Crippen LogP contribution in [0.15, 0.2) is 18.2 Å². The van der Waals surface area contributed by atoms with Crippen LogP contribution in [-0.4, -0.2) is 6.04 Å². The SMILES string of the molecule is CC1(C)CCCC1Nc1cccc(F)c1N. The summed E-state index contributed by atoms with van der Waals surface area (Å²) >= 11 is 0. The summed E-state index contributed by atoms with van der Waals surface area (Å²) in [4.78, 5) is 0. The Morgan fingerprint density at radius 2 is 2.19 bits per heavy atom. The first-order chi connectivity index (χ1) is 7.50. The number of hydrogen-bond acceptors (Lipinski definition) is 2. The van der Waals surface area contributed by atoms with E-state index in [9.17, 15) is 4.39 Å². The van der Waals surface area contributed by atoms with Gasteiger partial charge in [0.2, 0.25) is 0 Å². The fourth-order valence-electron chi connectivity index (χ4n) is 2.44. The Kier molecular flexibility index (Phi) is 2.78. The number of anilines is 2. The fraction of sp³-hybridized carbons (Fsp3) is 0.538. The second kappa shape index (κ2) is 3.96. The molecule has 88 valence electrons. The summed E-state index contributed by atoms with van der Waals surface area (Å²) in [6.45, 7) is 4.49. The third kappa shape index (κ3) is 1.99. The first-order valence-corrected chi connectivity index (χ1v) is 5.81. The monoisotopic (exact) mass is 222 g/mol. The van der Waals surface area contributed by atoms with Crippen molar-refractivity contribution in [3.05, 3.63) is 24.0 Å². The smallest absolute Gasteiger partial charge is 0.148 e. The number of hydrogen-bond donors (Lipinski definition) is 2. The molecule has 2 nitrogen and oxygen atoms in total. The van der Waals surface area contributed by atoms with Gasteiger partial charge < -0.3 is 11.1 Å². The number of halogens is 1. The van der Waals surface area contributed by atoms with Crippen molar-refractivity contribution < 1.29 is 4.39 Å². The van der Waals surface area contributed by atoms with E-state index in [1.165, 1.54) is 18.9 Å². The minimum absolute atomic E-state index is 0.227. The molecule has 1 atom stereocenters. The van der Waals surface area contributed by atoms with Crippen molar-refractivity contribution in [3.63, 3.8) is 0 Å². The van der Waals surface area contributed by atoms with E-state index < -0.39 is 0 Å². The summed E-state index contributed by atoms with van der Waals surface area (Å²) < 4.78 is 13.3. The van der Waals surface area contributed by atoms with E-state index in [0.717, 1.165) is 12.1 Å². The summed E-state index contributed by atoms with van der Waals surface area (Å²) in [5, 5.41) is 3.38. The van der Waals surface area contributed by atoms with Crippen molar-refractivity contribution >= 4 is 11.4 Å². The van der Waals surface area contributed by atoms with Crippen LogP contribution >= 0.6 is 0 Å². The van der Waals surface area contributed by atoms with Crippen LogP contribution in [0, 0.1) is 11.2 Å². The van der Waals surface area contributed by atoms with Crippen LogP contribution in [0.25, 0.3) is 0 Å². The average molecular weight is 222 g/mol. The molecule has 0 amide bonds. The lowest BCUT2D eigenvalue weighted by molar-refractivity contribution is 0.350. The Morgan fingerprint density at radius 1 is 1.44 bits per heavy atom. The van der Waals surface area contributed by atoms with Gasteiger partial charge in [0.15, 0.2) is 0 Å². The number of nitrogens with two attached hydrogens (primary N) is 1. The Hall–Kier alpha value is -1.25. The quantitative estimate of drug-likeness (QED) is 0.753. The summed E-state index contributed by atoms with van der Waals surface area (Å²) in [5.74, 6) is -0.346. The van der Waals surface area contributed by atoms with E-state index in [-0.39, 0.29) is 16.9 Å². The van der Waals surface area contributed by atoms with Crippen LogP contribution in [0.1, 0.15) is 33.1 Å². The van der Waals surface area contributed by atoms with Gasteiger partial charge in [0.1, 0.15) is 5.82 Å². The molecule has 1 aliphatic rings.